The van der Waals surface area contributed by atoms with E-state index < -0.39 is 0 Å². The van der Waals surface area contributed by atoms with E-state index in [1.165, 1.54) is 12.5 Å². The number of ether oxygens (including phenoxy) is 1. The number of methoxy groups -OCH3 is 1. The SMILES string of the molecule is COc1ccccc1-c1cc(C(C)C)nc(N2CCN(C(=O)c3ccoc3)CC2)c1C#N. The molecule has 1 fully saturated rings. The molecule has 0 aliphatic carbocycles. The predicted octanol–water partition coefficient (Wildman–Crippen LogP) is 4.31. The molecule has 164 valence electrons. The summed E-state index contributed by atoms with van der Waals surface area (Å²) in [7, 11) is 1.63. The lowest BCUT2D eigenvalue weighted by atomic mass is 9.96. The van der Waals surface area contributed by atoms with Gasteiger partial charge in [-0.05, 0) is 24.1 Å². The van der Waals surface area contributed by atoms with Crippen LogP contribution in [-0.4, -0.2) is 49.1 Å². The molecule has 0 saturated carbocycles. The fourth-order valence-electron chi connectivity index (χ4n) is 3.96. The molecule has 4 rings (SSSR count). The fourth-order valence-corrected chi connectivity index (χ4v) is 3.96. The number of nitriles is 1. The Balaban J connectivity index is 1.69. The lowest BCUT2D eigenvalue weighted by Gasteiger charge is -2.36. The monoisotopic (exact) mass is 430 g/mol. The highest BCUT2D eigenvalue weighted by Crippen LogP contribution is 2.37. The first-order chi connectivity index (χ1) is 15.5. The number of amides is 1. The second-order valence-corrected chi connectivity index (χ2v) is 8.05. The molecule has 2 aromatic heterocycles. The van der Waals surface area contributed by atoms with E-state index in [1.54, 1.807) is 18.1 Å². The zero-order valence-corrected chi connectivity index (χ0v) is 18.5. The summed E-state index contributed by atoms with van der Waals surface area (Å²) in [5.74, 6) is 1.53. The van der Waals surface area contributed by atoms with Crippen LogP contribution in [0.4, 0.5) is 5.82 Å². The van der Waals surface area contributed by atoms with Crippen LogP contribution in [0.5, 0.6) is 5.75 Å². The summed E-state index contributed by atoms with van der Waals surface area (Å²) in [6.07, 6.45) is 2.97. The van der Waals surface area contributed by atoms with Gasteiger partial charge in [0.2, 0.25) is 0 Å². The minimum absolute atomic E-state index is 0.0440. The highest BCUT2D eigenvalue weighted by atomic mass is 16.5. The van der Waals surface area contributed by atoms with Gasteiger partial charge in [0.1, 0.15) is 29.5 Å². The number of furan rings is 1. The smallest absolute Gasteiger partial charge is 0.257 e. The standard InChI is InChI=1S/C25H26N4O3/c1-17(2)22-14-20(19-6-4-5-7-23(19)31-3)21(15-26)24(27-22)28-9-11-29(12-10-28)25(30)18-8-13-32-16-18/h4-8,13-14,16-17H,9-12H2,1-3H3. The first-order valence-corrected chi connectivity index (χ1v) is 10.7. The number of carbonyl (C=O) groups is 1. The van der Waals surface area contributed by atoms with E-state index in [0.29, 0.717) is 48.9 Å². The van der Waals surface area contributed by atoms with Crippen LogP contribution in [-0.2, 0) is 0 Å². The fraction of sp³-hybridized carbons (Fsp3) is 0.320. The number of pyridine rings is 1. The average Bonchev–Trinajstić information content (AvgIpc) is 3.37. The maximum atomic E-state index is 12.6. The molecule has 1 aliphatic heterocycles. The van der Waals surface area contributed by atoms with E-state index in [0.717, 1.165) is 16.8 Å². The number of hydrogen-bond acceptors (Lipinski definition) is 6. The normalized spacial score (nSPS) is 13.8. The number of nitrogens with zero attached hydrogens (tertiary/aromatic N) is 4. The molecular formula is C25H26N4O3. The Hall–Kier alpha value is -3.79. The summed E-state index contributed by atoms with van der Waals surface area (Å²) < 4.78 is 10.6. The number of rotatable bonds is 5. The van der Waals surface area contributed by atoms with E-state index in [2.05, 4.69) is 24.8 Å². The van der Waals surface area contributed by atoms with Crippen LogP contribution in [0.2, 0.25) is 0 Å². The highest BCUT2D eigenvalue weighted by molar-refractivity contribution is 5.94. The van der Waals surface area contributed by atoms with Crippen LogP contribution in [0.3, 0.4) is 0 Å². The Morgan fingerprint density at radius 1 is 1.16 bits per heavy atom. The van der Waals surface area contributed by atoms with Crippen LogP contribution in [0.15, 0.2) is 53.3 Å². The van der Waals surface area contributed by atoms with Crippen molar-refractivity contribution in [3.63, 3.8) is 0 Å². The quantitative estimate of drug-likeness (QED) is 0.600. The zero-order chi connectivity index (χ0) is 22.7. The molecule has 1 aromatic carbocycles. The van der Waals surface area contributed by atoms with E-state index in [4.69, 9.17) is 14.1 Å². The summed E-state index contributed by atoms with van der Waals surface area (Å²) in [5.41, 5.74) is 3.67. The second kappa shape index (κ2) is 9.15. The largest absolute Gasteiger partial charge is 0.496 e. The number of carbonyl (C=O) groups excluding carboxylic acids is 1. The summed E-state index contributed by atoms with van der Waals surface area (Å²) >= 11 is 0. The van der Waals surface area contributed by atoms with Crippen LogP contribution < -0.4 is 9.64 Å². The van der Waals surface area contributed by atoms with Gasteiger partial charge in [-0.2, -0.15) is 5.26 Å². The van der Waals surface area contributed by atoms with Gasteiger partial charge in [-0.25, -0.2) is 4.98 Å². The minimum atomic E-state index is -0.0440. The summed E-state index contributed by atoms with van der Waals surface area (Å²) in [4.78, 5) is 21.4. The molecule has 0 spiro atoms. The Bertz CT molecular complexity index is 1140. The highest BCUT2D eigenvalue weighted by Gasteiger charge is 2.27. The van der Waals surface area contributed by atoms with Crippen molar-refractivity contribution in [1.29, 1.82) is 5.26 Å². The van der Waals surface area contributed by atoms with Gasteiger partial charge in [0.15, 0.2) is 0 Å². The van der Waals surface area contributed by atoms with E-state index >= 15 is 0 Å². The molecule has 7 heteroatoms. The summed E-state index contributed by atoms with van der Waals surface area (Å²) in [6, 6.07) is 13.8. The molecule has 0 bridgehead atoms. The molecule has 0 radical (unpaired) electrons. The molecule has 0 unspecified atom stereocenters. The van der Waals surface area contributed by atoms with Gasteiger partial charge in [-0.15, -0.1) is 0 Å². The third-order valence-corrected chi connectivity index (χ3v) is 5.76. The molecule has 7 nitrogen and oxygen atoms in total. The third-order valence-electron chi connectivity index (χ3n) is 5.76. The third kappa shape index (κ3) is 4.04. The van der Waals surface area contributed by atoms with Gasteiger partial charge in [-0.3, -0.25) is 4.79 Å². The van der Waals surface area contributed by atoms with Crippen LogP contribution in [0.25, 0.3) is 11.1 Å². The van der Waals surface area contributed by atoms with Crippen molar-refractivity contribution in [2.75, 3.05) is 38.2 Å². The lowest BCUT2D eigenvalue weighted by Crippen LogP contribution is -2.49. The van der Waals surface area contributed by atoms with Crippen molar-refractivity contribution in [2.45, 2.75) is 19.8 Å². The molecule has 0 atom stereocenters. The Morgan fingerprint density at radius 3 is 2.53 bits per heavy atom. The number of anilines is 1. The number of benzene rings is 1. The van der Waals surface area contributed by atoms with Crippen molar-refractivity contribution in [2.24, 2.45) is 0 Å². The lowest BCUT2D eigenvalue weighted by molar-refractivity contribution is 0.0746. The van der Waals surface area contributed by atoms with Crippen molar-refractivity contribution >= 4 is 11.7 Å². The van der Waals surface area contributed by atoms with E-state index in [-0.39, 0.29) is 11.8 Å². The van der Waals surface area contributed by atoms with Crippen molar-refractivity contribution in [3.05, 3.63) is 65.7 Å². The van der Waals surface area contributed by atoms with Crippen molar-refractivity contribution < 1.29 is 13.9 Å². The Kier molecular flexibility index (Phi) is 6.13. The summed E-state index contributed by atoms with van der Waals surface area (Å²) in [5, 5.41) is 10.1. The van der Waals surface area contributed by atoms with E-state index in [9.17, 15) is 10.1 Å². The van der Waals surface area contributed by atoms with Gasteiger partial charge >= 0.3 is 0 Å². The predicted molar refractivity (Wildman–Crippen MR) is 122 cm³/mol. The Labute approximate surface area is 187 Å². The summed E-state index contributed by atoms with van der Waals surface area (Å²) in [6.45, 7) is 6.46. The molecule has 0 N–H and O–H groups in total. The molecule has 3 aromatic rings. The second-order valence-electron chi connectivity index (χ2n) is 8.05. The number of para-hydroxylation sites is 1. The topological polar surface area (TPSA) is 82.6 Å². The molecule has 1 aliphatic rings. The van der Waals surface area contributed by atoms with Crippen molar-refractivity contribution in [1.82, 2.24) is 9.88 Å². The van der Waals surface area contributed by atoms with Crippen LogP contribution in [0, 0.1) is 11.3 Å². The number of piperazine rings is 1. The number of hydrogen-bond donors (Lipinski definition) is 0. The van der Waals surface area contributed by atoms with Gasteiger partial charge in [-0.1, -0.05) is 32.0 Å². The van der Waals surface area contributed by atoms with Crippen molar-refractivity contribution in [3.8, 4) is 22.9 Å². The van der Waals surface area contributed by atoms with Gasteiger partial charge < -0.3 is 19.0 Å². The minimum Gasteiger partial charge on any atom is -0.496 e. The van der Waals surface area contributed by atoms with E-state index in [1.807, 2.05) is 30.3 Å². The zero-order valence-electron chi connectivity index (χ0n) is 18.5. The maximum Gasteiger partial charge on any atom is 0.257 e. The first kappa shape index (κ1) is 21.4. The number of aromatic nitrogens is 1. The van der Waals surface area contributed by atoms with Gasteiger partial charge in [0, 0.05) is 43.0 Å². The van der Waals surface area contributed by atoms with Gasteiger partial charge in [0.05, 0.1) is 18.9 Å². The van der Waals surface area contributed by atoms with Crippen LogP contribution >= 0.6 is 0 Å². The molecular weight excluding hydrogens is 404 g/mol. The van der Waals surface area contributed by atoms with Crippen LogP contribution in [0.1, 0.15) is 41.4 Å². The maximum absolute atomic E-state index is 12.6. The average molecular weight is 431 g/mol. The Morgan fingerprint density at radius 2 is 1.91 bits per heavy atom. The van der Waals surface area contributed by atoms with Gasteiger partial charge in [0.25, 0.3) is 5.91 Å². The molecule has 3 heterocycles. The molecule has 1 saturated heterocycles. The molecule has 32 heavy (non-hydrogen) atoms. The molecule has 1 amide bonds. The first-order valence-electron chi connectivity index (χ1n) is 10.7.